The Kier molecular flexibility index (Phi) is 8.43. The smallest absolute Gasteiger partial charge is 0.416 e. The van der Waals surface area contributed by atoms with Crippen LogP contribution in [0.1, 0.15) is 23.9 Å². The van der Waals surface area contributed by atoms with E-state index in [1.54, 1.807) is 11.8 Å². The zero-order valence-electron chi connectivity index (χ0n) is 19.5. The molecule has 1 saturated heterocycles. The Labute approximate surface area is 206 Å². The minimum absolute atomic E-state index is 0.0319. The number of hydrogen-bond donors (Lipinski definition) is 2. The number of benzene rings is 1. The zero-order chi connectivity index (χ0) is 25.6. The van der Waals surface area contributed by atoms with Crippen LogP contribution in [0.5, 0.6) is 0 Å². The molecule has 2 N–H and O–H groups in total. The Morgan fingerprint density at radius 2 is 1.63 bits per heavy atom. The van der Waals surface area contributed by atoms with E-state index < -0.39 is 11.7 Å². The van der Waals surface area contributed by atoms with Gasteiger partial charge >= 0.3 is 12.3 Å². The number of alkyl halides is 3. The quantitative estimate of drug-likeness (QED) is 0.364. The van der Waals surface area contributed by atoms with Crippen molar-refractivity contribution < 1.29 is 22.7 Å². The van der Waals surface area contributed by atoms with Gasteiger partial charge in [-0.1, -0.05) is 0 Å². The molecule has 0 aliphatic carbocycles. The lowest BCUT2D eigenvalue weighted by Gasteiger charge is -2.35. The second-order valence-electron chi connectivity index (χ2n) is 7.71. The third-order valence-electron chi connectivity index (χ3n) is 4.98. The van der Waals surface area contributed by atoms with Crippen LogP contribution in [0.2, 0.25) is 0 Å². The number of thiocarbonyl (C=S) groups is 1. The Balaban J connectivity index is 1.78. The van der Waals surface area contributed by atoms with Gasteiger partial charge in [-0.3, -0.25) is 5.32 Å². The van der Waals surface area contributed by atoms with Gasteiger partial charge in [-0.25, -0.2) is 14.8 Å². The molecular formula is C22H26F3N7O2S. The lowest BCUT2D eigenvalue weighted by atomic mass is 10.2. The summed E-state index contributed by atoms with van der Waals surface area (Å²) < 4.78 is 43.5. The Hall–Kier alpha value is -3.48. The van der Waals surface area contributed by atoms with Gasteiger partial charge in [0.2, 0.25) is 17.0 Å². The van der Waals surface area contributed by atoms with E-state index in [1.807, 2.05) is 24.8 Å². The lowest BCUT2D eigenvalue weighted by molar-refractivity contribution is -0.137. The van der Waals surface area contributed by atoms with Crippen molar-refractivity contribution in [2.24, 2.45) is 4.99 Å². The first-order valence-corrected chi connectivity index (χ1v) is 11.3. The van der Waals surface area contributed by atoms with Gasteiger partial charge < -0.3 is 19.9 Å². The van der Waals surface area contributed by atoms with Crippen LogP contribution < -0.4 is 10.6 Å². The second-order valence-corrected chi connectivity index (χ2v) is 8.10. The van der Waals surface area contributed by atoms with Gasteiger partial charge in [0.05, 0.1) is 12.2 Å². The van der Waals surface area contributed by atoms with Crippen molar-refractivity contribution in [3.63, 3.8) is 0 Å². The number of piperazine rings is 1. The van der Waals surface area contributed by atoms with Crippen LogP contribution in [0.25, 0.3) is 0 Å². The maximum Gasteiger partial charge on any atom is 0.416 e. The number of aliphatic imine (C=N–C) groups is 1. The summed E-state index contributed by atoms with van der Waals surface area (Å²) in [6, 6.07) is 6.32. The van der Waals surface area contributed by atoms with Gasteiger partial charge in [-0.2, -0.15) is 18.2 Å². The van der Waals surface area contributed by atoms with Crippen LogP contribution >= 0.6 is 12.2 Å². The molecule has 0 atom stereocenters. The summed E-state index contributed by atoms with van der Waals surface area (Å²) in [5.41, 5.74) is 1.13. The Bertz CT molecular complexity index is 1070. The second kappa shape index (κ2) is 11.3. The first-order valence-electron chi connectivity index (χ1n) is 10.9. The summed E-state index contributed by atoms with van der Waals surface area (Å²) in [7, 11) is 0. The van der Waals surface area contributed by atoms with Crippen molar-refractivity contribution in [3.8, 4) is 0 Å². The average Bonchev–Trinajstić information content (AvgIpc) is 2.78. The van der Waals surface area contributed by atoms with Crippen LogP contribution in [-0.2, 0) is 10.9 Å². The Morgan fingerprint density at radius 3 is 2.17 bits per heavy atom. The molecule has 188 valence electrons. The van der Waals surface area contributed by atoms with Gasteiger partial charge in [-0.05, 0) is 63.3 Å². The normalized spacial score (nSPS) is 14.5. The number of ether oxygens (including phenoxy) is 1. The SMILES string of the molecule is CCOC(=O)N1CCN(/C(=N\C(=S)Nc2ccc(C(F)(F)F)cc2)Nc2nc(C)cc(C)n2)CC1. The molecule has 0 radical (unpaired) electrons. The van der Waals surface area contributed by atoms with E-state index >= 15 is 0 Å². The molecule has 0 saturated carbocycles. The maximum absolute atomic E-state index is 12.8. The van der Waals surface area contributed by atoms with E-state index in [-0.39, 0.29) is 11.2 Å². The molecule has 9 nitrogen and oxygen atoms in total. The Morgan fingerprint density at radius 1 is 1.06 bits per heavy atom. The topological polar surface area (TPSA) is 95.0 Å². The third kappa shape index (κ3) is 7.50. The minimum atomic E-state index is -4.42. The van der Waals surface area contributed by atoms with Crippen molar-refractivity contribution in [2.45, 2.75) is 26.9 Å². The van der Waals surface area contributed by atoms with Gasteiger partial charge in [0.25, 0.3) is 0 Å². The first-order chi connectivity index (χ1) is 16.5. The molecule has 0 spiro atoms. The van der Waals surface area contributed by atoms with Gasteiger partial charge in [0.1, 0.15) is 0 Å². The molecule has 1 fully saturated rings. The number of guanidine groups is 1. The van der Waals surface area contributed by atoms with Crippen molar-refractivity contribution in [2.75, 3.05) is 43.4 Å². The summed E-state index contributed by atoms with van der Waals surface area (Å²) in [6.45, 7) is 7.42. The fourth-order valence-corrected chi connectivity index (χ4v) is 3.57. The van der Waals surface area contributed by atoms with E-state index in [0.717, 1.165) is 23.5 Å². The van der Waals surface area contributed by atoms with Crippen LogP contribution in [0.15, 0.2) is 35.3 Å². The molecule has 35 heavy (non-hydrogen) atoms. The number of nitrogens with zero attached hydrogens (tertiary/aromatic N) is 5. The maximum atomic E-state index is 12.8. The molecule has 1 aliphatic rings. The molecule has 2 heterocycles. The fourth-order valence-electron chi connectivity index (χ4n) is 3.37. The highest BCUT2D eigenvalue weighted by Gasteiger charge is 2.30. The largest absolute Gasteiger partial charge is 0.450 e. The number of aromatic nitrogens is 2. The summed E-state index contributed by atoms with van der Waals surface area (Å²) in [4.78, 5) is 28.7. The van der Waals surface area contributed by atoms with E-state index in [2.05, 4.69) is 25.6 Å². The van der Waals surface area contributed by atoms with E-state index in [1.165, 1.54) is 12.1 Å². The number of anilines is 2. The predicted octanol–water partition coefficient (Wildman–Crippen LogP) is 4.05. The average molecular weight is 510 g/mol. The van der Waals surface area contributed by atoms with Crippen molar-refractivity contribution in [3.05, 3.63) is 47.3 Å². The first kappa shape index (κ1) is 26.1. The number of hydrogen-bond acceptors (Lipinski definition) is 5. The highest BCUT2D eigenvalue weighted by molar-refractivity contribution is 7.80. The highest BCUT2D eigenvalue weighted by Crippen LogP contribution is 2.29. The molecule has 2 aromatic rings. The van der Waals surface area contributed by atoms with Crippen molar-refractivity contribution in [1.29, 1.82) is 0 Å². The summed E-state index contributed by atoms with van der Waals surface area (Å²) in [6.07, 6.45) is -4.80. The minimum Gasteiger partial charge on any atom is -0.450 e. The number of carbonyl (C=O) groups excluding carboxylic acids is 1. The number of amides is 1. The fraction of sp³-hybridized carbons (Fsp3) is 0.409. The summed E-state index contributed by atoms with van der Waals surface area (Å²) in [5, 5.41) is 5.95. The third-order valence-corrected chi connectivity index (χ3v) is 5.18. The van der Waals surface area contributed by atoms with Crippen molar-refractivity contribution in [1.82, 2.24) is 19.8 Å². The van der Waals surface area contributed by atoms with E-state index in [0.29, 0.717) is 50.4 Å². The molecule has 3 rings (SSSR count). The molecule has 1 aliphatic heterocycles. The monoisotopic (exact) mass is 509 g/mol. The van der Waals surface area contributed by atoms with E-state index in [9.17, 15) is 18.0 Å². The number of nitrogens with one attached hydrogen (secondary N) is 2. The molecule has 13 heteroatoms. The highest BCUT2D eigenvalue weighted by atomic mass is 32.1. The number of aryl methyl sites for hydroxylation is 2. The lowest BCUT2D eigenvalue weighted by Crippen LogP contribution is -2.52. The number of rotatable bonds is 3. The molecule has 0 bridgehead atoms. The standard InChI is InChI=1S/C22H26F3N7O2S/c1-4-34-21(33)32-11-9-31(10-12-32)19(29-18-26-14(2)13-15(3)27-18)30-20(35)28-17-7-5-16(6-8-17)22(23,24)25/h5-8,13H,4,9-12H2,1-3H3,(H2,26,27,28,29,30,35). The van der Waals surface area contributed by atoms with Gasteiger partial charge in [0.15, 0.2) is 0 Å². The van der Waals surface area contributed by atoms with Gasteiger partial charge in [0, 0.05) is 43.3 Å². The number of halogens is 3. The van der Waals surface area contributed by atoms with E-state index in [4.69, 9.17) is 17.0 Å². The molecule has 1 aromatic heterocycles. The summed E-state index contributed by atoms with van der Waals surface area (Å²) in [5.74, 6) is 0.675. The molecule has 0 unspecified atom stereocenters. The van der Waals surface area contributed by atoms with Gasteiger partial charge in [-0.15, -0.1) is 0 Å². The molecule has 1 aromatic carbocycles. The molecule has 1 amide bonds. The van der Waals surface area contributed by atoms with Crippen molar-refractivity contribution >= 4 is 41.0 Å². The van der Waals surface area contributed by atoms with Crippen LogP contribution in [0.4, 0.5) is 29.6 Å². The van der Waals surface area contributed by atoms with Crippen LogP contribution in [-0.4, -0.2) is 69.7 Å². The zero-order valence-corrected chi connectivity index (χ0v) is 20.3. The molecular weight excluding hydrogens is 483 g/mol. The predicted molar refractivity (Wildman–Crippen MR) is 130 cm³/mol. The van der Waals surface area contributed by atoms with Crippen LogP contribution in [0, 0.1) is 13.8 Å². The van der Waals surface area contributed by atoms with Crippen LogP contribution in [0.3, 0.4) is 0 Å². The summed E-state index contributed by atoms with van der Waals surface area (Å²) >= 11 is 5.34. The number of carbonyl (C=O) groups is 1.